The van der Waals surface area contributed by atoms with E-state index in [1.165, 1.54) is 17.0 Å². The maximum absolute atomic E-state index is 13.1. The molecule has 0 aromatic heterocycles. The Labute approximate surface area is 243 Å². The van der Waals surface area contributed by atoms with Crippen LogP contribution < -0.4 is 20.7 Å². The van der Waals surface area contributed by atoms with E-state index in [2.05, 4.69) is 16.0 Å². The lowest BCUT2D eigenvalue weighted by atomic mass is 9.97. The third-order valence-corrected chi connectivity index (χ3v) is 6.68. The van der Waals surface area contributed by atoms with Gasteiger partial charge in [-0.2, -0.15) is 0 Å². The highest BCUT2D eigenvalue weighted by Crippen LogP contribution is 2.19. The number of carbonyl (C=O) groups excluding carboxylic acids is 3. The molecule has 0 bridgehead atoms. The molecule has 2 rings (SSSR count). The van der Waals surface area contributed by atoms with Crippen molar-refractivity contribution in [1.29, 1.82) is 0 Å². The summed E-state index contributed by atoms with van der Waals surface area (Å²) in [4.78, 5) is 37.1. The van der Waals surface area contributed by atoms with Gasteiger partial charge in [-0.1, -0.05) is 56.2 Å². The van der Waals surface area contributed by atoms with Crippen molar-refractivity contribution in [2.75, 3.05) is 39.9 Å². The number of aliphatic hydroxyl groups excluding tert-OH is 1. The number of aliphatic hydroxyl groups is 1. The molecule has 10 heteroatoms. The first-order chi connectivity index (χ1) is 19.7. The van der Waals surface area contributed by atoms with Crippen LogP contribution >= 0.6 is 0 Å². The fourth-order valence-electron chi connectivity index (χ4n) is 4.01. The molecule has 0 saturated carbocycles. The Kier molecular flexibility index (Phi) is 17.7. The molecule has 2 aromatic carbocycles. The molecule has 3 amide bonds. The van der Waals surface area contributed by atoms with E-state index >= 15 is 0 Å². The first-order valence-electron chi connectivity index (χ1n) is 14.2. The highest BCUT2D eigenvalue weighted by molar-refractivity contribution is 5.89. The van der Waals surface area contributed by atoms with E-state index in [4.69, 9.17) is 4.74 Å². The van der Waals surface area contributed by atoms with Crippen LogP contribution in [0.4, 0.5) is 4.39 Å². The third kappa shape index (κ3) is 13.1. The Morgan fingerprint density at radius 1 is 1.10 bits per heavy atom. The fourth-order valence-corrected chi connectivity index (χ4v) is 4.01. The highest BCUT2D eigenvalue weighted by atomic mass is 19.1. The summed E-state index contributed by atoms with van der Waals surface area (Å²) in [6.07, 6.45) is 3.07. The standard InChI is InChI=1S/C24H40N4O5.C7H7F/c1-5-18(3)22(24(32)28(4)20(16-29)23(31)26-6-2)27-14-15-33-21-12-8-7-10-19(21)11-9-13-25-17-30;1-6-2-4-7(8)5-3-6/h7-8,10,12,17-18,20,22,27,29H,5-6,9,11,13-16H2,1-4H3,(H,25,30)(H,26,31);2-5H,1H3. The number of likely N-dealkylation sites (N-methyl/N-ethyl adjacent to an activating group) is 2. The van der Waals surface area contributed by atoms with E-state index in [1.807, 2.05) is 45.0 Å². The zero-order valence-electron chi connectivity index (χ0n) is 25.0. The average Bonchev–Trinajstić information content (AvgIpc) is 2.97. The summed E-state index contributed by atoms with van der Waals surface area (Å²) in [7, 11) is 1.54. The van der Waals surface area contributed by atoms with Crippen molar-refractivity contribution in [2.45, 2.75) is 59.0 Å². The number of nitrogens with zero attached hydrogens (tertiary/aromatic N) is 1. The van der Waals surface area contributed by atoms with Crippen LogP contribution in [0.3, 0.4) is 0 Å². The maximum Gasteiger partial charge on any atom is 0.245 e. The molecule has 0 aliphatic heterocycles. The number of aryl methyl sites for hydroxylation is 2. The monoisotopic (exact) mass is 574 g/mol. The van der Waals surface area contributed by atoms with Crippen LogP contribution in [-0.4, -0.2) is 80.2 Å². The van der Waals surface area contributed by atoms with E-state index in [0.717, 1.165) is 36.1 Å². The number of carbonyl (C=O) groups is 3. The number of rotatable bonds is 17. The van der Waals surface area contributed by atoms with Crippen LogP contribution in [-0.2, 0) is 20.8 Å². The lowest BCUT2D eigenvalue weighted by Gasteiger charge is -2.32. The van der Waals surface area contributed by atoms with Crippen molar-refractivity contribution in [1.82, 2.24) is 20.9 Å². The van der Waals surface area contributed by atoms with Gasteiger partial charge in [0.15, 0.2) is 0 Å². The minimum Gasteiger partial charge on any atom is -0.492 e. The molecule has 9 nitrogen and oxygen atoms in total. The largest absolute Gasteiger partial charge is 0.492 e. The second-order valence-electron chi connectivity index (χ2n) is 9.79. The van der Waals surface area contributed by atoms with Crippen molar-refractivity contribution < 1.29 is 28.6 Å². The fraction of sp³-hybridized carbons (Fsp3) is 0.516. The van der Waals surface area contributed by atoms with Crippen LogP contribution in [0.5, 0.6) is 5.75 Å². The summed E-state index contributed by atoms with van der Waals surface area (Å²) in [5.41, 5.74) is 2.15. The molecule has 4 N–H and O–H groups in total. The van der Waals surface area contributed by atoms with Gasteiger partial charge >= 0.3 is 0 Å². The summed E-state index contributed by atoms with van der Waals surface area (Å²) >= 11 is 0. The van der Waals surface area contributed by atoms with Gasteiger partial charge in [0.05, 0.1) is 12.6 Å². The first-order valence-corrected chi connectivity index (χ1v) is 14.2. The second-order valence-corrected chi connectivity index (χ2v) is 9.79. The summed E-state index contributed by atoms with van der Waals surface area (Å²) in [6, 6.07) is 12.7. The number of nitrogens with one attached hydrogen (secondary N) is 3. The van der Waals surface area contributed by atoms with Crippen molar-refractivity contribution in [2.24, 2.45) is 5.92 Å². The van der Waals surface area contributed by atoms with Crippen LogP contribution in [0.1, 0.15) is 44.7 Å². The lowest BCUT2D eigenvalue weighted by molar-refractivity contribution is -0.142. The zero-order chi connectivity index (χ0) is 30.6. The minimum atomic E-state index is -0.928. The molecular formula is C31H47FN4O5. The van der Waals surface area contributed by atoms with E-state index in [9.17, 15) is 23.9 Å². The quantitative estimate of drug-likeness (QED) is 0.170. The molecule has 41 heavy (non-hydrogen) atoms. The molecule has 0 aliphatic rings. The van der Waals surface area contributed by atoms with Gasteiger partial charge in [0, 0.05) is 26.7 Å². The summed E-state index contributed by atoms with van der Waals surface area (Å²) < 4.78 is 18.0. The van der Waals surface area contributed by atoms with Crippen molar-refractivity contribution >= 4 is 18.2 Å². The van der Waals surface area contributed by atoms with Gasteiger partial charge in [-0.3, -0.25) is 14.4 Å². The zero-order valence-corrected chi connectivity index (χ0v) is 25.0. The van der Waals surface area contributed by atoms with Gasteiger partial charge in [-0.25, -0.2) is 4.39 Å². The Balaban J connectivity index is 0.000000895. The molecule has 3 atom stereocenters. The van der Waals surface area contributed by atoms with Crippen LogP contribution in [0.15, 0.2) is 48.5 Å². The van der Waals surface area contributed by atoms with Crippen molar-refractivity contribution in [3.63, 3.8) is 0 Å². The van der Waals surface area contributed by atoms with Gasteiger partial charge in [0.2, 0.25) is 18.2 Å². The maximum atomic E-state index is 13.1. The topological polar surface area (TPSA) is 120 Å². The average molecular weight is 575 g/mol. The molecule has 0 aliphatic carbocycles. The van der Waals surface area contributed by atoms with E-state index in [1.54, 1.807) is 26.1 Å². The van der Waals surface area contributed by atoms with E-state index in [0.29, 0.717) is 32.7 Å². The molecule has 228 valence electrons. The summed E-state index contributed by atoms with van der Waals surface area (Å²) in [6.45, 7) is 9.11. The van der Waals surface area contributed by atoms with Crippen LogP contribution in [0, 0.1) is 18.7 Å². The molecule has 2 aromatic rings. The molecule has 0 saturated heterocycles. The van der Waals surface area contributed by atoms with Gasteiger partial charge in [0.25, 0.3) is 0 Å². The smallest absolute Gasteiger partial charge is 0.245 e. The van der Waals surface area contributed by atoms with Gasteiger partial charge in [0.1, 0.15) is 24.2 Å². The number of ether oxygens (including phenoxy) is 1. The normalized spacial score (nSPS) is 12.7. The Morgan fingerprint density at radius 2 is 1.78 bits per heavy atom. The third-order valence-electron chi connectivity index (χ3n) is 6.68. The van der Waals surface area contributed by atoms with E-state index < -0.39 is 18.7 Å². The van der Waals surface area contributed by atoms with Gasteiger partial charge in [-0.05, 0) is 56.4 Å². The Hall–Kier alpha value is -3.50. The predicted molar refractivity (Wildman–Crippen MR) is 159 cm³/mol. The number of para-hydroxylation sites is 1. The van der Waals surface area contributed by atoms with Crippen molar-refractivity contribution in [3.8, 4) is 5.75 Å². The Morgan fingerprint density at radius 3 is 2.37 bits per heavy atom. The minimum absolute atomic E-state index is 0.0335. The predicted octanol–water partition coefficient (Wildman–Crippen LogP) is 2.84. The number of hydrogen-bond donors (Lipinski definition) is 4. The van der Waals surface area contributed by atoms with Gasteiger partial charge in [-0.15, -0.1) is 0 Å². The highest BCUT2D eigenvalue weighted by Gasteiger charge is 2.32. The summed E-state index contributed by atoms with van der Waals surface area (Å²) in [5, 5.41) is 18.2. The summed E-state index contributed by atoms with van der Waals surface area (Å²) in [5.74, 6) is 0.0343. The lowest BCUT2D eigenvalue weighted by Crippen LogP contribution is -2.56. The molecule has 0 spiro atoms. The second kappa shape index (κ2) is 20.4. The van der Waals surface area contributed by atoms with Gasteiger partial charge < -0.3 is 30.7 Å². The van der Waals surface area contributed by atoms with Crippen molar-refractivity contribution in [3.05, 3.63) is 65.5 Å². The first kappa shape index (κ1) is 35.5. The molecule has 0 fully saturated rings. The number of hydrogen-bond acceptors (Lipinski definition) is 6. The van der Waals surface area contributed by atoms with Crippen LogP contribution in [0.25, 0.3) is 0 Å². The van der Waals surface area contributed by atoms with E-state index in [-0.39, 0.29) is 23.5 Å². The number of benzene rings is 2. The van der Waals surface area contributed by atoms with Crippen LogP contribution in [0.2, 0.25) is 0 Å². The molecule has 3 unspecified atom stereocenters. The Bertz CT molecular complexity index is 1020. The SMILES string of the molecule is CCNC(=O)C(CO)N(C)C(=O)C(NCCOc1ccccc1CCCNC=O)C(C)CC.Cc1ccc(F)cc1. The molecule has 0 heterocycles. The molecular weight excluding hydrogens is 527 g/mol. The number of halogens is 1. The molecule has 0 radical (unpaired) electrons. The number of amides is 3.